The Labute approximate surface area is 111 Å². The van der Waals surface area contributed by atoms with Gasteiger partial charge in [-0.25, -0.2) is 9.78 Å². The Morgan fingerprint density at radius 2 is 2.05 bits per heavy atom. The van der Waals surface area contributed by atoms with Crippen molar-refractivity contribution < 1.29 is 19.7 Å². The van der Waals surface area contributed by atoms with Gasteiger partial charge < -0.3 is 19.5 Å². The topological polar surface area (TPSA) is 84.6 Å². The summed E-state index contributed by atoms with van der Waals surface area (Å²) in [5, 5.41) is 19.4. The summed E-state index contributed by atoms with van der Waals surface area (Å²) in [5.74, 6) is -0.0904. The van der Waals surface area contributed by atoms with Crippen LogP contribution >= 0.6 is 0 Å². The van der Waals surface area contributed by atoms with E-state index in [1.165, 1.54) is 0 Å². The molecular formula is C13H18N2O4. The molecule has 1 fully saturated rings. The summed E-state index contributed by atoms with van der Waals surface area (Å²) >= 11 is 0. The van der Waals surface area contributed by atoms with Crippen LogP contribution in [0.15, 0.2) is 0 Å². The zero-order chi connectivity index (χ0) is 13.4. The van der Waals surface area contributed by atoms with Crippen LogP contribution < -0.4 is 0 Å². The number of ether oxygens (including phenoxy) is 1. The average Bonchev–Trinajstić information content (AvgIpc) is 2.81. The second-order valence-corrected chi connectivity index (χ2v) is 5.20. The van der Waals surface area contributed by atoms with E-state index in [2.05, 4.69) is 4.98 Å². The highest BCUT2D eigenvalue weighted by Gasteiger charge is 2.32. The van der Waals surface area contributed by atoms with Gasteiger partial charge in [0.15, 0.2) is 5.69 Å². The molecule has 0 radical (unpaired) electrons. The molecule has 0 bridgehead atoms. The van der Waals surface area contributed by atoms with Gasteiger partial charge in [0.05, 0.1) is 5.69 Å². The molecule has 0 amide bonds. The molecule has 1 unspecified atom stereocenters. The quantitative estimate of drug-likeness (QED) is 0.843. The van der Waals surface area contributed by atoms with E-state index < -0.39 is 12.2 Å². The standard InChI is InChI=1S/C13H18N2O4/c16-10-3-1-2-9-11(13(17)18)14-12(15(9)10)8-4-6-19-7-5-8/h8,10,16H,1-7H2,(H,17,18). The monoisotopic (exact) mass is 266 g/mol. The van der Waals surface area contributed by atoms with Crippen LogP contribution in [0.3, 0.4) is 0 Å². The minimum atomic E-state index is -1.00. The number of aliphatic hydroxyl groups is 1. The molecule has 0 aromatic carbocycles. The molecule has 2 aliphatic rings. The Morgan fingerprint density at radius 3 is 2.74 bits per heavy atom. The Balaban J connectivity index is 2.05. The number of carbonyl (C=O) groups is 1. The van der Waals surface area contributed by atoms with Gasteiger partial charge in [0.1, 0.15) is 12.1 Å². The molecule has 1 saturated heterocycles. The van der Waals surface area contributed by atoms with Gasteiger partial charge in [-0.1, -0.05) is 0 Å². The van der Waals surface area contributed by atoms with Crippen LogP contribution in [-0.2, 0) is 11.2 Å². The lowest BCUT2D eigenvalue weighted by atomic mass is 9.98. The summed E-state index contributed by atoms with van der Waals surface area (Å²) in [4.78, 5) is 15.6. The van der Waals surface area contributed by atoms with Gasteiger partial charge in [0, 0.05) is 19.1 Å². The number of hydrogen-bond donors (Lipinski definition) is 2. The number of nitrogens with zero attached hydrogens (tertiary/aromatic N) is 2. The number of imidazole rings is 1. The van der Waals surface area contributed by atoms with Gasteiger partial charge in [-0.2, -0.15) is 0 Å². The molecule has 2 N–H and O–H groups in total. The first-order valence-corrected chi connectivity index (χ1v) is 6.78. The van der Waals surface area contributed by atoms with Crippen molar-refractivity contribution in [1.29, 1.82) is 0 Å². The van der Waals surface area contributed by atoms with Crippen LogP contribution in [0.4, 0.5) is 0 Å². The first kappa shape index (κ1) is 12.6. The average molecular weight is 266 g/mol. The fourth-order valence-electron chi connectivity index (χ4n) is 3.05. The lowest BCUT2D eigenvalue weighted by Crippen LogP contribution is -2.24. The molecule has 19 heavy (non-hydrogen) atoms. The van der Waals surface area contributed by atoms with E-state index >= 15 is 0 Å². The summed E-state index contributed by atoms with van der Waals surface area (Å²) in [7, 11) is 0. The summed E-state index contributed by atoms with van der Waals surface area (Å²) < 4.78 is 7.08. The van der Waals surface area contributed by atoms with Gasteiger partial charge in [-0.05, 0) is 32.1 Å². The van der Waals surface area contributed by atoms with Crippen LogP contribution in [0.25, 0.3) is 0 Å². The number of aromatic nitrogens is 2. The van der Waals surface area contributed by atoms with Gasteiger partial charge in [0.2, 0.25) is 0 Å². The Kier molecular flexibility index (Phi) is 3.28. The highest BCUT2D eigenvalue weighted by atomic mass is 16.5. The Hall–Kier alpha value is -1.40. The predicted octanol–water partition coefficient (Wildman–Crippen LogP) is 1.30. The van der Waals surface area contributed by atoms with Crippen LogP contribution in [0.1, 0.15) is 59.8 Å². The molecule has 1 aromatic rings. The van der Waals surface area contributed by atoms with E-state index in [1.807, 2.05) is 0 Å². The van der Waals surface area contributed by atoms with Gasteiger partial charge in [0.25, 0.3) is 0 Å². The highest BCUT2D eigenvalue weighted by Crippen LogP contribution is 2.34. The maximum atomic E-state index is 11.3. The fourth-order valence-corrected chi connectivity index (χ4v) is 3.05. The molecule has 3 rings (SSSR count). The normalized spacial score (nSPS) is 24.2. The Bertz CT molecular complexity index is 491. The molecular weight excluding hydrogens is 248 g/mol. The van der Waals surface area contributed by atoms with Crippen molar-refractivity contribution in [3.05, 3.63) is 17.2 Å². The summed E-state index contributed by atoms with van der Waals surface area (Å²) in [5.41, 5.74) is 0.785. The number of hydrogen-bond acceptors (Lipinski definition) is 4. The molecule has 6 heteroatoms. The zero-order valence-corrected chi connectivity index (χ0v) is 10.7. The summed E-state index contributed by atoms with van der Waals surface area (Å²) in [6, 6.07) is 0. The SMILES string of the molecule is O=C(O)c1nc(C2CCOCC2)n2c1CCCC2O. The number of aliphatic hydroxyl groups excluding tert-OH is 1. The van der Waals surface area contributed by atoms with Crippen molar-refractivity contribution in [2.45, 2.75) is 44.2 Å². The molecule has 1 atom stereocenters. The first-order chi connectivity index (χ1) is 9.18. The highest BCUT2D eigenvalue weighted by molar-refractivity contribution is 5.87. The second-order valence-electron chi connectivity index (χ2n) is 5.20. The predicted molar refractivity (Wildman–Crippen MR) is 66.2 cm³/mol. The van der Waals surface area contributed by atoms with Crippen LogP contribution in [-0.4, -0.2) is 38.9 Å². The molecule has 2 aliphatic heterocycles. The number of carboxylic acids is 1. The molecule has 3 heterocycles. The molecule has 6 nitrogen and oxygen atoms in total. The number of rotatable bonds is 2. The second kappa shape index (κ2) is 4.94. The van der Waals surface area contributed by atoms with Gasteiger partial charge >= 0.3 is 5.97 Å². The van der Waals surface area contributed by atoms with Crippen molar-refractivity contribution in [3.8, 4) is 0 Å². The minimum absolute atomic E-state index is 0.111. The third-order valence-electron chi connectivity index (χ3n) is 4.00. The lowest BCUT2D eigenvalue weighted by Gasteiger charge is -2.27. The van der Waals surface area contributed by atoms with E-state index in [0.29, 0.717) is 31.7 Å². The number of aromatic carboxylic acids is 1. The van der Waals surface area contributed by atoms with E-state index in [-0.39, 0.29) is 11.6 Å². The molecule has 104 valence electrons. The number of carboxylic acid groups (broad SMARTS) is 1. The maximum absolute atomic E-state index is 11.3. The third-order valence-corrected chi connectivity index (χ3v) is 4.00. The van der Waals surface area contributed by atoms with E-state index in [4.69, 9.17) is 4.74 Å². The molecule has 0 saturated carbocycles. The van der Waals surface area contributed by atoms with Crippen molar-refractivity contribution in [2.24, 2.45) is 0 Å². The molecule has 0 aliphatic carbocycles. The summed E-state index contributed by atoms with van der Waals surface area (Å²) in [6.07, 6.45) is 3.18. The minimum Gasteiger partial charge on any atom is -0.476 e. The van der Waals surface area contributed by atoms with Crippen LogP contribution in [0.5, 0.6) is 0 Å². The maximum Gasteiger partial charge on any atom is 0.356 e. The number of fused-ring (bicyclic) bond motifs is 1. The third kappa shape index (κ3) is 2.15. The summed E-state index contributed by atoms with van der Waals surface area (Å²) in [6.45, 7) is 1.34. The molecule has 1 aromatic heterocycles. The largest absolute Gasteiger partial charge is 0.476 e. The van der Waals surface area contributed by atoms with E-state index in [9.17, 15) is 15.0 Å². The molecule has 0 spiro atoms. The lowest BCUT2D eigenvalue weighted by molar-refractivity contribution is 0.0601. The van der Waals surface area contributed by atoms with Gasteiger partial charge in [-0.15, -0.1) is 0 Å². The van der Waals surface area contributed by atoms with Gasteiger partial charge in [-0.3, -0.25) is 0 Å². The van der Waals surface area contributed by atoms with Crippen LogP contribution in [0, 0.1) is 0 Å². The van der Waals surface area contributed by atoms with E-state index in [1.54, 1.807) is 4.57 Å². The van der Waals surface area contributed by atoms with Crippen molar-refractivity contribution in [1.82, 2.24) is 9.55 Å². The zero-order valence-electron chi connectivity index (χ0n) is 10.7. The first-order valence-electron chi connectivity index (χ1n) is 6.78. The smallest absolute Gasteiger partial charge is 0.356 e. The van der Waals surface area contributed by atoms with E-state index in [0.717, 1.165) is 25.1 Å². The van der Waals surface area contributed by atoms with Crippen molar-refractivity contribution in [2.75, 3.05) is 13.2 Å². The van der Waals surface area contributed by atoms with Crippen molar-refractivity contribution in [3.63, 3.8) is 0 Å². The van der Waals surface area contributed by atoms with Crippen molar-refractivity contribution >= 4 is 5.97 Å². The fraction of sp³-hybridized carbons (Fsp3) is 0.692. The Morgan fingerprint density at radius 1 is 1.32 bits per heavy atom. The van der Waals surface area contributed by atoms with Crippen LogP contribution in [0.2, 0.25) is 0 Å².